The molecule has 1 aromatic heterocycles. The van der Waals surface area contributed by atoms with E-state index >= 15 is 0 Å². The van der Waals surface area contributed by atoms with Gasteiger partial charge in [0, 0.05) is 18.2 Å². The molecule has 0 saturated carbocycles. The van der Waals surface area contributed by atoms with E-state index in [-0.39, 0.29) is 5.78 Å². The normalized spacial score (nSPS) is 10.3. The second-order valence-electron chi connectivity index (χ2n) is 4.44. The fourth-order valence-corrected chi connectivity index (χ4v) is 2.58. The molecular weight excluding hydrogens is 274 g/mol. The quantitative estimate of drug-likeness (QED) is 0.821. The Hall–Kier alpha value is -1.88. The number of thiazole rings is 1. The van der Waals surface area contributed by atoms with Gasteiger partial charge in [0.05, 0.1) is 24.9 Å². The van der Waals surface area contributed by atoms with Crippen LogP contribution >= 0.6 is 11.3 Å². The van der Waals surface area contributed by atoms with Gasteiger partial charge in [-0.25, -0.2) is 4.98 Å². The minimum Gasteiger partial charge on any atom is -0.493 e. The molecule has 1 heterocycles. The monoisotopic (exact) mass is 291 g/mol. The van der Waals surface area contributed by atoms with Crippen molar-refractivity contribution in [2.45, 2.75) is 19.8 Å². The van der Waals surface area contributed by atoms with Crippen LogP contribution in [0.1, 0.15) is 16.3 Å². The van der Waals surface area contributed by atoms with Crippen molar-refractivity contribution in [3.05, 3.63) is 39.8 Å². The third-order valence-corrected chi connectivity index (χ3v) is 3.72. The van der Waals surface area contributed by atoms with Crippen LogP contribution in [0.5, 0.6) is 11.5 Å². The van der Waals surface area contributed by atoms with Crippen LogP contribution < -0.4 is 9.47 Å². The minimum atomic E-state index is 0.141. The Balaban J connectivity index is 2.04. The maximum absolute atomic E-state index is 12.0. The molecule has 5 heteroatoms. The number of ether oxygens (including phenoxy) is 2. The average Bonchev–Trinajstić information content (AvgIpc) is 2.83. The van der Waals surface area contributed by atoms with Crippen LogP contribution in [0.4, 0.5) is 0 Å². The Morgan fingerprint density at radius 2 is 1.95 bits per heavy atom. The lowest BCUT2D eigenvalue weighted by Crippen LogP contribution is -2.07. The van der Waals surface area contributed by atoms with Gasteiger partial charge in [-0.05, 0) is 24.6 Å². The number of hydrogen-bond donors (Lipinski definition) is 0. The van der Waals surface area contributed by atoms with Crippen LogP contribution in [-0.2, 0) is 17.6 Å². The second kappa shape index (κ2) is 6.52. The molecule has 0 aliphatic carbocycles. The summed E-state index contributed by atoms with van der Waals surface area (Å²) in [5, 5.41) is 2.92. The molecule has 4 nitrogen and oxygen atoms in total. The molecule has 0 unspecified atom stereocenters. The van der Waals surface area contributed by atoms with Crippen LogP contribution in [0.2, 0.25) is 0 Å². The number of carbonyl (C=O) groups is 1. The highest BCUT2D eigenvalue weighted by Crippen LogP contribution is 2.27. The number of ketones is 1. The maximum Gasteiger partial charge on any atom is 0.161 e. The standard InChI is InChI=1S/C15H17NO3S/c1-10-16-12(9-20-10)8-13(17)6-11-4-5-14(18-2)15(7-11)19-3/h4-5,7,9H,6,8H2,1-3H3. The highest BCUT2D eigenvalue weighted by atomic mass is 32.1. The van der Waals surface area contributed by atoms with Gasteiger partial charge < -0.3 is 9.47 Å². The molecule has 0 N–H and O–H groups in total. The van der Waals surface area contributed by atoms with Crippen molar-refractivity contribution in [3.63, 3.8) is 0 Å². The summed E-state index contributed by atoms with van der Waals surface area (Å²) in [4.78, 5) is 16.3. The largest absolute Gasteiger partial charge is 0.493 e. The van der Waals surface area contributed by atoms with E-state index in [1.54, 1.807) is 25.6 Å². The molecule has 0 atom stereocenters. The molecule has 0 aliphatic heterocycles. The predicted octanol–water partition coefficient (Wildman–Crippen LogP) is 2.82. The lowest BCUT2D eigenvalue weighted by Gasteiger charge is -2.09. The molecule has 0 fully saturated rings. The average molecular weight is 291 g/mol. The zero-order chi connectivity index (χ0) is 14.5. The highest BCUT2D eigenvalue weighted by Gasteiger charge is 2.10. The van der Waals surface area contributed by atoms with Gasteiger partial charge in [0.2, 0.25) is 0 Å². The lowest BCUT2D eigenvalue weighted by atomic mass is 10.1. The number of benzene rings is 1. The fraction of sp³-hybridized carbons (Fsp3) is 0.333. The van der Waals surface area contributed by atoms with E-state index < -0.39 is 0 Å². The molecule has 0 bridgehead atoms. The number of hydrogen-bond acceptors (Lipinski definition) is 5. The number of aryl methyl sites for hydroxylation is 1. The van der Waals surface area contributed by atoms with E-state index in [9.17, 15) is 4.79 Å². The molecular formula is C15H17NO3S. The summed E-state index contributed by atoms with van der Waals surface area (Å²) < 4.78 is 10.4. The first-order valence-electron chi connectivity index (χ1n) is 6.26. The Morgan fingerprint density at radius 1 is 1.20 bits per heavy atom. The predicted molar refractivity (Wildman–Crippen MR) is 78.8 cm³/mol. The van der Waals surface area contributed by atoms with Gasteiger partial charge in [-0.15, -0.1) is 11.3 Å². The number of methoxy groups -OCH3 is 2. The third kappa shape index (κ3) is 3.57. The van der Waals surface area contributed by atoms with Crippen molar-refractivity contribution in [1.82, 2.24) is 4.98 Å². The van der Waals surface area contributed by atoms with Gasteiger partial charge in [-0.1, -0.05) is 6.07 Å². The summed E-state index contributed by atoms with van der Waals surface area (Å²) in [5.41, 5.74) is 1.76. The number of carbonyl (C=O) groups excluding carboxylic acids is 1. The molecule has 20 heavy (non-hydrogen) atoms. The first-order valence-corrected chi connectivity index (χ1v) is 7.14. The number of nitrogens with zero attached hydrogens (tertiary/aromatic N) is 1. The van der Waals surface area contributed by atoms with Crippen molar-refractivity contribution < 1.29 is 14.3 Å². The summed E-state index contributed by atoms with van der Waals surface area (Å²) in [6.45, 7) is 1.94. The minimum absolute atomic E-state index is 0.141. The Kier molecular flexibility index (Phi) is 4.74. The molecule has 0 saturated heterocycles. The van der Waals surface area contributed by atoms with Crippen molar-refractivity contribution in [2.24, 2.45) is 0 Å². The molecule has 2 aromatic rings. The van der Waals surface area contributed by atoms with Crippen LogP contribution in [-0.4, -0.2) is 25.0 Å². The first-order chi connectivity index (χ1) is 9.62. The van der Waals surface area contributed by atoms with E-state index in [2.05, 4.69) is 4.98 Å². The van der Waals surface area contributed by atoms with Crippen molar-refractivity contribution in [2.75, 3.05) is 14.2 Å². The maximum atomic E-state index is 12.0. The number of rotatable bonds is 6. The molecule has 1 aromatic carbocycles. The van der Waals surface area contributed by atoms with Crippen molar-refractivity contribution >= 4 is 17.1 Å². The summed E-state index contributed by atoms with van der Waals surface area (Å²) in [5.74, 6) is 1.45. The Labute approximate surface area is 122 Å². The second-order valence-corrected chi connectivity index (χ2v) is 5.50. The van der Waals surface area contributed by atoms with Crippen LogP contribution in [0.25, 0.3) is 0 Å². The van der Waals surface area contributed by atoms with E-state index in [4.69, 9.17) is 9.47 Å². The van der Waals surface area contributed by atoms with Gasteiger partial charge in [0.1, 0.15) is 5.78 Å². The molecule has 2 rings (SSSR count). The SMILES string of the molecule is COc1ccc(CC(=O)Cc2csc(C)n2)cc1OC. The molecule has 0 spiro atoms. The summed E-state index contributed by atoms with van der Waals surface area (Å²) in [6, 6.07) is 5.53. The van der Waals surface area contributed by atoms with E-state index in [0.29, 0.717) is 24.3 Å². The molecule has 106 valence electrons. The summed E-state index contributed by atoms with van der Waals surface area (Å²) >= 11 is 1.56. The van der Waals surface area contributed by atoms with Crippen LogP contribution in [0.3, 0.4) is 0 Å². The van der Waals surface area contributed by atoms with Gasteiger partial charge in [-0.2, -0.15) is 0 Å². The smallest absolute Gasteiger partial charge is 0.161 e. The van der Waals surface area contributed by atoms with Crippen LogP contribution in [0.15, 0.2) is 23.6 Å². The number of Topliss-reactive ketones (excluding diaryl/α,β-unsaturated/α-hetero) is 1. The van der Waals surface area contributed by atoms with Gasteiger partial charge in [-0.3, -0.25) is 4.79 Å². The van der Waals surface area contributed by atoms with Crippen LogP contribution in [0, 0.1) is 6.92 Å². The van der Waals surface area contributed by atoms with E-state index in [0.717, 1.165) is 16.3 Å². The summed E-state index contributed by atoms with van der Waals surface area (Å²) in [7, 11) is 3.18. The molecule has 0 aliphatic rings. The lowest BCUT2D eigenvalue weighted by molar-refractivity contribution is -0.117. The van der Waals surface area contributed by atoms with Gasteiger partial charge >= 0.3 is 0 Å². The fourth-order valence-electron chi connectivity index (χ4n) is 1.97. The van der Waals surface area contributed by atoms with Crippen molar-refractivity contribution in [1.29, 1.82) is 0 Å². The zero-order valence-electron chi connectivity index (χ0n) is 11.8. The molecule has 0 radical (unpaired) electrons. The first kappa shape index (κ1) is 14.5. The zero-order valence-corrected chi connectivity index (χ0v) is 12.6. The topological polar surface area (TPSA) is 48.4 Å². The highest BCUT2D eigenvalue weighted by molar-refractivity contribution is 7.09. The Morgan fingerprint density at radius 3 is 2.55 bits per heavy atom. The molecule has 0 amide bonds. The number of aromatic nitrogens is 1. The Bertz CT molecular complexity index is 607. The van der Waals surface area contributed by atoms with Crippen molar-refractivity contribution in [3.8, 4) is 11.5 Å². The third-order valence-electron chi connectivity index (χ3n) is 2.89. The van der Waals surface area contributed by atoms with Gasteiger partial charge in [0.25, 0.3) is 0 Å². The summed E-state index contributed by atoms with van der Waals surface area (Å²) in [6.07, 6.45) is 0.746. The van der Waals surface area contributed by atoms with E-state index in [1.165, 1.54) is 0 Å². The van der Waals surface area contributed by atoms with Gasteiger partial charge in [0.15, 0.2) is 11.5 Å². The van der Waals surface area contributed by atoms with E-state index in [1.807, 2.05) is 30.5 Å².